The van der Waals surface area contributed by atoms with Crippen LogP contribution >= 0.6 is 0 Å². The molecule has 28 heavy (non-hydrogen) atoms. The van der Waals surface area contributed by atoms with Gasteiger partial charge < -0.3 is 9.84 Å². The van der Waals surface area contributed by atoms with Crippen LogP contribution in [-0.4, -0.2) is 44.2 Å². The van der Waals surface area contributed by atoms with Gasteiger partial charge in [0, 0.05) is 12.1 Å². The van der Waals surface area contributed by atoms with E-state index in [9.17, 15) is 23.1 Å². The summed E-state index contributed by atoms with van der Waals surface area (Å²) in [5.41, 5.74) is 2.48. The number of benzene rings is 2. The zero-order valence-corrected chi connectivity index (χ0v) is 16.5. The van der Waals surface area contributed by atoms with Crippen LogP contribution in [0.5, 0.6) is 5.75 Å². The van der Waals surface area contributed by atoms with Gasteiger partial charge in [-0.3, -0.25) is 9.10 Å². The third-order valence-electron chi connectivity index (χ3n) is 4.66. The monoisotopic (exact) mass is 403 g/mol. The first kappa shape index (κ1) is 19.9. The Labute approximate surface area is 163 Å². The SMILES string of the molecule is CCS(=O)(=O)N1CCc2cc(C(=O)COC(=O)c3ccc(C)cc3O)ccc21. The van der Waals surface area contributed by atoms with Crippen molar-refractivity contribution in [2.75, 3.05) is 23.2 Å². The highest BCUT2D eigenvalue weighted by atomic mass is 32.2. The minimum atomic E-state index is -3.35. The van der Waals surface area contributed by atoms with E-state index in [0.29, 0.717) is 24.2 Å². The summed E-state index contributed by atoms with van der Waals surface area (Å²) in [6.07, 6.45) is 0.521. The maximum Gasteiger partial charge on any atom is 0.342 e. The van der Waals surface area contributed by atoms with E-state index in [1.165, 1.54) is 22.5 Å². The van der Waals surface area contributed by atoms with E-state index >= 15 is 0 Å². The number of esters is 1. The van der Waals surface area contributed by atoms with Gasteiger partial charge in [0.2, 0.25) is 10.0 Å². The molecule has 0 saturated heterocycles. The number of aromatic hydroxyl groups is 1. The molecule has 0 fully saturated rings. The molecule has 2 aromatic carbocycles. The maximum absolute atomic E-state index is 12.4. The molecule has 1 aliphatic heterocycles. The molecule has 8 heteroatoms. The fraction of sp³-hybridized carbons (Fsp3) is 0.300. The normalized spacial score (nSPS) is 13.3. The highest BCUT2D eigenvalue weighted by Crippen LogP contribution is 2.31. The van der Waals surface area contributed by atoms with Gasteiger partial charge in [-0.05, 0) is 61.7 Å². The van der Waals surface area contributed by atoms with Gasteiger partial charge in [0.15, 0.2) is 12.4 Å². The Morgan fingerprint density at radius 1 is 1.18 bits per heavy atom. The molecule has 148 valence electrons. The molecule has 0 amide bonds. The molecule has 1 aliphatic rings. The highest BCUT2D eigenvalue weighted by Gasteiger charge is 2.28. The number of sulfonamides is 1. The van der Waals surface area contributed by atoms with Crippen molar-refractivity contribution < 1.29 is 27.9 Å². The number of ether oxygens (including phenoxy) is 1. The lowest BCUT2D eigenvalue weighted by atomic mass is 10.1. The number of aryl methyl sites for hydroxylation is 1. The van der Waals surface area contributed by atoms with E-state index in [4.69, 9.17) is 4.74 Å². The average Bonchev–Trinajstić information content (AvgIpc) is 3.09. The minimum absolute atomic E-state index is 0.00670. The smallest absolute Gasteiger partial charge is 0.342 e. The maximum atomic E-state index is 12.4. The Hall–Kier alpha value is -2.87. The molecule has 0 unspecified atom stereocenters. The Morgan fingerprint density at radius 2 is 1.93 bits per heavy atom. The predicted molar refractivity (Wildman–Crippen MR) is 104 cm³/mol. The number of carbonyl (C=O) groups is 2. The Kier molecular flexibility index (Phi) is 5.42. The molecule has 0 aromatic heterocycles. The molecule has 1 heterocycles. The van der Waals surface area contributed by atoms with Crippen molar-refractivity contribution in [3.63, 3.8) is 0 Å². The molecule has 0 radical (unpaired) electrons. The van der Waals surface area contributed by atoms with Gasteiger partial charge in [-0.25, -0.2) is 13.2 Å². The van der Waals surface area contributed by atoms with E-state index in [1.807, 2.05) is 0 Å². The number of Topliss-reactive ketones (excluding diaryl/α,β-unsaturated/α-hetero) is 1. The third-order valence-corrected chi connectivity index (χ3v) is 6.44. The number of phenols is 1. The zero-order valence-electron chi connectivity index (χ0n) is 15.6. The van der Waals surface area contributed by atoms with Crippen molar-refractivity contribution in [2.45, 2.75) is 20.3 Å². The lowest BCUT2D eigenvalue weighted by Gasteiger charge is -2.18. The first-order valence-electron chi connectivity index (χ1n) is 8.86. The molecule has 0 atom stereocenters. The Balaban J connectivity index is 1.70. The quantitative estimate of drug-likeness (QED) is 0.587. The Bertz CT molecular complexity index is 1040. The van der Waals surface area contributed by atoms with Crippen LogP contribution in [0.1, 0.15) is 38.8 Å². The van der Waals surface area contributed by atoms with Crippen LogP contribution in [-0.2, 0) is 21.2 Å². The predicted octanol–water partition coefficient (Wildman–Crippen LogP) is 2.45. The first-order chi connectivity index (χ1) is 13.2. The lowest BCUT2D eigenvalue weighted by Crippen LogP contribution is -2.30. The van der Waals surface area contributed by atoms with E-state index in [2.05, 4.69) is 0 Å². The molecule has 7 nitrogen and oxygen atoms in total. The number of nitrogens with zero attached hydrogens (tertiary/aromatic N) is 1. The van der Waals surface area contributed by atoms with Crippen LogP contribution in [0.2, 0.25) is 0 Å². The number of phenolic OH excluding ortho intramolecular Hbond substituents is 1. The van der Waals surface area contributed by atoms with Gasteiger partial charge in [-0.15, -0.1) is 0 Å². The molecular weight excluding hydrogens is 382 g/mol. The van der Waals surface area contributed by atoms with E-state index in [1.54, 1.807) is 32.0 Å². The van der Waals surface area contributed by atoms with Crippen LogP contribution < -0.4 is 4.31 Å². The van der Waals surface area contributed by atoms with Crippen LogP contribution in [0.4, 0.5) is 5.69 Å². The van der Waals surface area contributed by atoms with Gasteiger partial charge in [0.25, 0.3) is 0 Å². The molecule has 0 spiro atoms. The molecular formula is C20H21NO6S. The fourth-order valence-electron chi connectivity index (χ4n) is 3.10. The zero-order chi connectivity index (χ0) is 20.5. The summed E-state index contributed by atoms with van der Waals surface area (Å²) in [7, 11) is -3.35. The van der Waals surface area contributed by atoms with Crippen molar-refractivity contribution in [3.8, 4) is 5.75 Å². The third kappa shape index (κ3) is 3.87. The van der Waals surface area contributed by atoms with Crippen molar-refractivity contribution in [2.24, 2.45) is 0 Å². The van der Waals surface area contributed by atoms with E-state index < -0.39 is 28.4 Å². The summed E-state index contributed by atoms with van der Waals surface area (Å²) < 4.78 is 30.6. The van der Waals surface area contributed by atoms with Gasteiger partial charge >= 0.3 is 5.97 Å². The van der Waals surface area contributed by atoms with Crippen LogP contribution in [0.3, 0.4) is 0 Å². The van der Waals surface area contributed by atoms with Gasteiger partial charge in [0.1, 0.15) is 11.3 Å². The molecule has 0 bridgehead atoms. The number of hydrogen-bond acceptors (Lipinski definition) is 6. The number of rotatable bonds is 6. The molecule has 3 rings (SSSR count). The van der Waals surface area contributed by atoms with Crippen LogP contribution in [0, 0.1) is 6.92 Å². The van der Waals surface area contributed by atoms with Gasteiger partial charge in [-0.2, -0.15) is 0 Å². The average molecular weight is 403 g/mol. The number of hydrogen-bond donors (Lipinski definition) is 1. The van der Waals surface area contributed by atoms with E-state index in [0.717, 1.165) is 11.1 Å². The second-order valence-electron chi connectivity index (χ2n) is 6.59. The second-order valence-corrected chi connectivity index (χ2v) is 8.77. The molecule has 1 N–H and O–H groups in total. The summed E-state index contributed by atoms with van der Waals surface area (Å²) >= 11 is 0. The number of carbonyl (C=O) groups excluding carboxylic acids is 2. The van der Waals surface area contributed by atoms with Gasteiger partial charge in [-0.1, -0.05) is 6.07 Å². The number of ketones is 1. The minimum Gasteiger partial charge on any atom is -0.507 e. The van der Waals surface area contributed by atoms with Crippen LogP contribution in [0.25, 0.3) is 0 Å². The summed E-state index contributed by atoms with van der Waals surface area (Å²) in [5.74, 6) is -1.38. The fourth-order valence-corrected chi connectivity index (χ4v) is 4.26. The summed E-state index contributed by atoms with van der Waals surface area (Å²) in [5, 5.41) is 9.82. The largest absolute Gasteiger partial charge is 0.507 e. The molecule has 0 saturated carbocycles. The highest BCUT2D eigenvalue weighted by molar-refractivity contribution is 7.92. The Morgan fingerprint density at radius 3 is 2.61 bits per heavy atom. The van der Waals surface area contributed by atoms with Crippen molar-refractivity contribution in [1.82, 2.24) is 0 Å². The summed E-state index contributed by atoms with van der Waals surface area (Å²) in [6.45, 7) is 3.25. The number of fused-ring (bicyclic) bond motifs is 1. The van der Waals surface area contributed by atoms with Crippen molar-refractivity contribution in [1.29, 1.82) is 0 Å². The summed E-state index contributed by atoms with van der Waals surface area (Å²) in [4.78, 5) is 24.5. The standard InChI is InChI=1S/C20H21NO6S/c1-3-28(25,26)21-9-8-14-11-15(5-7-17(14)21)19(23)12-27-20(24)16-6-4-13(2)10-18(16)22/h4-7,10-11,22H,3,8-9,12H2,1-2H3. The topological polar surface area (TPSA) is 101 Å². The molecule has 2 aromatic rings. The van der Waals surface area contributed by atoms with Crippen molar-refractivity contribution in [3.05, 3.63) is 58.7 Å². The lowest BCUT2D eigenvalue weighted by molar-refractivity contribution is 0.0472. The first-order valence-corrected chi connectivity index (χ1v) is 10.5. The summed E-state index contributed by atoms with van der Waals surface area (Å²) in [6, 6.07) is 9.32. The second kappa shape index (κ2) is 7.63. The number of anilines is 1. The van der Waals surface area contributed by atoms with Crippen molar-refractivity contribution >= 4 is 27.5 Å². The van der Waals surface area contributed by atoms with Gasteiger partial charge in [0.05, 0.1) is 11.4 Å². The van der Waals surface area contributed by atoms with Crippen LogP contribution in [0.15, 0.2) is 36.4 Å². The van der Waals surface area contributed by atoms with E-state index in [-0.39, 0.29) is 17.1 Å². The molecule has 0 aliphatic carbocycles.